The molecule has 0 aliphatic heterocycles. The zero-order chi connectivity index (χ0) is 18.8. The van der Waals surface area contributed by atoms with Crippen molar-refractivity contribution < 1.29 is 9.59 Å². The van der Waals surface area contributed by atoms with E-state index in [1.54, 1.807) is 0 Å². The van der Waals surface area contributed by atoms with Gasteiger partial charge >= 0.3 is 0 Å². The summed E-state index contributed by atoms with van der Waals surface area (Å²) < 4.78 is 0. The summed E-state index contributed by atoms with van der Waals surface area (Å²) in [7, 11) is 0. The summed E-state index contributed by atoms with van der Waals surface area (Å²) in [4.78, 5) is 26.4. The molecule has 0 aliphatic carbocycles. The van der Waals surface area contributed by atoms with Crippen LogP contribution >= 0.6 is 23.5 Å². The van der Waals surface area contributed by atoms with E-state index in [9.17, 15) is 9.59 Å². The van der Waals surface area contributed by atoms with Crippen LogP contribution in [0.2, 0.25) is 0 Å². The Kier molecular flexibility index (Phi) is 10.3. The highest BCUT2D eigenvalue weighted by Crippen LogP contribution is 2.27. The molecule has 140 valence electrons. The van der Waals surface area contributed by atoms with Crippen LogP contribution < -0.4 is 0 Å². The first kappa shape index (κ1) is 22.1. The predicted molar refractivity (Wildman–Crippen MR) is 112 cm³/mol. The number of hydrogen-bond acceptors (Lipinski definition) is 4. The predicted octanol–water partition coefficient (Wildman–Crippen LogP) is 5.87. The molecule has 0 radical (unpaired) electrons. The molecule has 1 rings (SSSR count). The highest BCUT2D eigenvalue weighted by molar-refractivity contribution is 8.15. The molecule has 1 aromatic carbocycles. The smallest absolute Gasteiger partial charge is 0.281 e. The molecule has 5 heteroatoms. The van der Waals surface area contributed by atoms with Gasteiger partial charge in [-0.25, -0.2) is 0 Å². The van der Waals surface area contributed by atoms with Crippen molar-refractivity contribution in [3.8, 4) is 0 Å². The number of carbonyl (C=O) groups excluding carboxylic acids is 2. The van der Waals surface area contributed by atoms with Gasteiger partial charge in [0.15, 0.2) is 0 Å². The summed E-state index contributed by atoms with van der Waals surface area (Å²) in [5, 5.41) is 0.639. The molecule has 0 fully saturated rings. The third-order valence-corrected chi connectivity index (χ3v) is 6.12. The topological polar surface area (TPSA) is 37.4 Å². The maximum Gasteiger partial charge on any atom is 0.281 e. The molecular weight excluding hydrogens is 350 g/mol. The molecule has 0 saturated carbocycles. The highest BCUT2D eigenvalue weighted by Gasteiger charge is 2.19. The largest absolute Gasteiger partial charge is 0.334 e. The second-order valence-electron chi connectivity index (χ2n) is 6.27. The minimum absolute atomic E-state index is 0.114. The molecule has 2 unspecified atom stereocenters. The average molecular weight is 382 g/mol. The molecule has 0 aromatic heterocycles. The number of hydrogen-bond donors (Lipinski definition) is 0. The van der Waals surface area contributed by atoms with Crippen molar-refractivity contribution in [2.24, 2.45) is 0 Å². The van der Waals surface area contributed by atoms with Crippen LogP contribution in [-0.4, -0.2) is 38.8 Å². The van der Waals surface area contributed by atoms with Gasteiger partial charge in [0, 0.05) is 29.2 Å². The van der Waals surface area contributed by atoms with Crippen LogP contribution in [0.25, 0.3) is 0 Å². The first-order chi connectivity index (χ1) is 11.9. The lowest BCUT2D eigenvalue weighted by molar-refractivity contribution is 0.108. The lowest BCUT2D eigenvalue weighted by Gasteiger charge is -2.21. The Hall–Kier alpha value is -0.940. The molecule has 0 N–H and O–H groups in total. The number of thioether (sulfide) groups is 2. The molecule has 0 saturated heterocycles. The molecule has 2 atom stereocenters. The minimum atomic E-state index is 0.114. The molecular formula is C20H31NO2S2. The van der Waals surface area contributed by atoms with Crippen molar-refractivity contribution in [1.82, 2.24) is 4.90 Å². The fourth-order valence-corrected chi connectivity index (χ4v) is 4.92. The summed E-state index contributed by atoms with van der Waals surface area (Å²) in [6.07, 6.45) is 3.00. The van der Waals surface area contributed by atoms with Gasteiger partial charge in [0.05, 0.1) is 0 Å². The van der Waals surface area contributed by atoms with Gasteiger partial charge in [0.25, 0.3) is 5.24 Å². The van der Waals surface area contributed by atoms with Gasteiger partial charge in [-0.1, -0.05) is 75.0 Å². The van der Waals surface area contributed by atoms with Crippen molar-refractivity contribution in [3.63, 3.8) is 0 Å². The standard InChI is InChI=1S/C20H31NO2S2/c1-6-9-17-10-12-18(13-11-17)19(22)24-15(4)14-16(5)25-20(23)21(7-2)8-3/h10-13,15-16H,6-9,14H2,1-5H3. The number of aryl methyl sites for hydroxylation is 1. The minimum Gasteiger partial charge on any atom is -0.334 e. The molecule has 0 aliphatic rings. The van der Waals surface area contributed by atoms with E-state index in [2.05, 4.69) is 20.8 Å². The first-order valence-corrected chi connectivity index (χ1v) is 10.9. The van der Waals surface area contributed by atoms with Crippen LogP contribution in [-0.2, 0) is 6.42 Å². The van der Waals surface area contributed by atoms with Gasteiger partial charge in [0.2, 0.25) is 5.12 Å². The normalized spacial score (nSPS) is 13.3. The van der Waals surface area contributed by atoms with E-state index in [4.69, 9.17) is 0 Å². The number of nitrogens with zero attached hydrogens (tertiary/aromatic N) is 1. The SMILES string of the molecule is CCCc1ccc(C(=O)SC(C)CC(C)SC(=O)N(CC)CC)cc1. The Morgan fingerprint density at radius 1 is 0.960 bits per heavy atom. The van der Waals surface area contributed by atoms with Crippen LogP contribution in [0.4, 0.5) is 4.79 Å². The number of benzene rings is 1. The highest BCUT2D eigenvalue weighted by atomic mass is 32.2. The third-order valence-electron chi connectivity index (χ3n) is 4.02. The van der Waals surface area contributed by atoms with Crippen LogP contribution in [0.1, 0.15) is 63.4 Å². The van der Waals surface area contributed by atoms with E-state index in [0.29, 0.717) is 0 Å². The Morgan fingerprint density at radius 2 is 1.52 bits per heavy atom. The summed E-state index contributed by atoms with van der Waals surface area (Å²) in [6, 6.07) is 7.94. The van der Waals surface area contributed by atoms with E-state index in [0.717, 1.165) is 37.9 Å². The van der Waals surface area contributed by atoms with Crippen molar-refractivity contribution in [2.45, 2.75) is 64.4 Å². The zero-order valence-electron chi connectivity index (χ0n) is 16.1. The zero-order valence-corrected chi connectivity index (χ0v) is 17.7. The molecule has 3 nitrogen and oxygen atoms in total. The lowest BCUT2D eigenvalue weighted by Crippen LogP contribution is -2.28. The van der Waals surface area contributed by atoms with Gasteiger partial charge in [0.1, 0.15) is 0 Å². The molecule has 1 amide bonds. The number of amides is 1. The number of carbonyl (C=O) groups is 2. The van der Waals surface area contributed by atoms with E-state index in [1.165, 1.54) is 29.1 Å². The fraction of sp³-hybridized carbons (Fsp3) is 0.600. The lowest BCUT2D eigenvalue weighted by atomic mass is 10.1. The maximum atomic E-state index is 12.4. The summed E-state index contributed by atoms with van der Waals surface area (Å²) >= 11 is 2.75. The molecule has 1 aromatic rings. The Bertz CT molecular complexity index is 541. The second-order valence-corrected chi connectivity index (χ2v) is 9.07. The van der Waals surface area contributed by atoms with E-state index >= 15 is 0 Å². The average Bonchev–Trinajstić information content (AvgIpc) is 2.56. The summed E-state index contributed by atoms with van der Waals surface area (Å²) in [6.45, 7) is 11.8. The van der Waals surface area contributed by atoms with Gasteiger partial charge in [-0.2, -0.15) is 0 Å². The molecule has 25 heavy (non-hydrogen) atoms. The Labute approximate surface area is 161 Å². The van der Waals surface area contributed by atoms with Crippen LogP contribution in [0.15, 0.2) is 24.3 Å². The maximum absolute atomic E-state index is 12.4. The van der Waals surface area contributed by atoms with E-state index < -0.39 is 0 Å². The fourth-order valence-electron chi connectivity index (χ4n) is 2.64. The van der Waals surface area contributed by atoms with Gasteiger partial charge in [-0.05, 0) is 32.3 Å². The van der Waals surface area contributed by atoms with E-state index in [1.807, 2.05) is 43.0 Å². The molecule has 0 heterocycles. The van der Waals surface area contributed by atoms with Crippen LogP contribution in [0.3, 0.4) is 0 Å². The number of rotatable bonds is 9. The van der Waals surface area contributed by atoms with Crippen molar-refractivity contribution in [3.05, 3.63) is 35.4 Å². The Balaban J connectivity index is 2.48. The van der Waals surface area contributed by atoms with Crippen molar-refractivity contribution in [1.29, 1.82) is 0 Å². The van der Waals surface area contributed by atoms with Crippen molar-refractivity contribution in [2.75, 3.05) is 13.1 Å². The first-order valence-electron chi connectivity index (χ1n) is 9.16. The summed E-state index contributed by atoms with van der Waals surface area (Å²) in [5.41, 5.74) is 2.04. The van der Waals surface area contributed by atoms with Crippen molar-refractivity contribution >= 4 is 33.9 Å². The second kappa shape index (κ2) is 11.6. The van der Waals surface area contributed by atoms with Crippen LogP contribution in [0, 0.1) is 0 Å². The Morgan fingerprint density at radius 3 is 2.04 bits per heavy atom. The van der Waals surface area contributed by atoms with Crippen LogP contribution in [0.5, 0.6) is 0 Å². The van der Waals surface area contributed by atoms with Gasteiger partial charge in [-0.15, -0.1) is 0 Å². The quantitative estimate of drug-likeness (QED) is 0.536. The van der Waals surface area contributed by atoms with E-state index in [-0.39, 0.29) is 20.9 Å². The monoisotopic (exact) mass is 381 g/mol. The van der Waals surface area contributed by atoms with Gasteiger partial charge in [-0.3, -0.25) is 9.59 Å². The third kappa shape index (κ3) is 7.87. The molecule has 0 bridgehead atoms. The molecule has 0 spiro atoms. The summed E-state index contributed by atoms with van der Waals surface area (Å²) in [5.74, 6) is 0. The van der Waals surface area contributed by atoms with Gasteiger partial charge < -0.3 is 4.90 Å².